The minimum atomic E-state index is -1.17. The lowest BCUT2D eigenvalue weighted by Gasteiger charge is -2.07. The highest BCUT2D eigenvalue weighted by Crippen LogP contribution is 2.18. The van der Waals surface area contributed by atoms with Crippen molar-refractivity contribution in [2.24, 2.45) is 0 Å². The number of carbonyl (C=O) groups excluding carboxylic acids is 2. The van der Waals surface area contributed by atoms with Crippen molar-refractivity contribution in [1.29, 1.82) is 0 Å². The third kappa shape index (κ3) is 3.41. The van der Waals surface area contributed by atoms with Gasteiger partial charge in [-0.2, -0.15) is 0 Å². The summed E-state index contributed by atoms with van der Waals surface area (Å²) in [7, 11) is 0. The van der Waals surface area contributed by atoms with Gasteiger partial charge in [0.25, 0.3) is 11.1 Å². The van der Waals surface area contributed by atoms with Crippen molar-refractivity contribution >= 4 is 28.4 Å². The molecule has 3 nitrogen and oxygen atoms in total. The number of rotatable bonds is 3. The van der Waals surface area contributed by atoms with Gasteiger partial charge in [-0.15, -0.1) is 0 Å². The first-order chi connectivity index (χ1) is 9.88. The van der Waals surface area contributed by atoms with Crippen molar-refractivity contribution in [3.63, 3.8) is 0 Å². The molecule has 0 saturated heterocycles. The van der Waals surface area contributed by atoms with Gasteiger partial charge in [-0.3, -0.25) is 9.59 Å². The van der Waals surface area contributed by atoms with Crippen molar-refractivity contribution < 1.29 is 22.8 Å². The molecule has 0 aliphatic rings. The highest BCUT2D eigenvalue weighted by molar-refractivity contribution is 6.67. The molecule has 1 N–H and O–H groups in total. The lowest BCUT2D eigenvalue weighted by molar-refractivity contribution is 0.102. The van der Waals surface area contributed by atoms with Crippen LogP contribution in [-0.4, -0.2) is 11.1 Å². The third-order valence-electron chi connectivity index (χ3n) is 2.62. The van der Waals surface area contributed by atoms with Crippen LogP contribution in [0.1, 0.15) is 20.7 Å². The van der Waals surface area contributed by atoms with Crippen LogP contribution in [0.4, 0.5) is 18.9 Å². The van der Waals surface area contributed by atoms with Crippen LogP contribution >= 0.6 is 11.6 Å². The molecule has 0 unspecified atom stereocenters. The van der Waals surface area contributed by atoms with E-state index in [1.54, 1.807) is 0 Å². The largest absolute Gasteiger partial charge is 0.322 e. The first-order valence-corrected chi connectivity index (χ1v) is 6.02. The number of carbonyl (C=O) groups is 2. The summed E-state index contributed by atoms with van der Waals surface area (Å²) in [6.07, 6.45) is 0. The van der Waals surface area contributed by atoms with E-state index in [-0.39, 0.29) is 11.3 Å². The first-order valence-electron chi connectivity index (χ1n) is 5.64. The fourth-order valence-electron chi connectivity index (χ4n) is 1.59. The maximum Gasteiger partial charge on any atom is 0.255 e. The summed E-state index contributed by atoms with van der Waals surface area (Å²) in [6, 6.07) is 5.82. The number of anilines is 1. The van der Waals surface area contributed by atoms with Crippen molar-refractivity contribution in [3.05, 3.63) is 65.0 Å². The minimum Gasteiger partial charge on any atom is -0.322 e. The summed E-state index contributed by atoms with van der Waals surface area (Å²) in [5.41, 5.74) is -0.438. The van der Waals surface area contributed by atoms with E-state index in [4.69, 9.17) is 11.6 Å². The van der Waals surface area contributed by atoms with E-state index in [1.807, 2.05) is 0 Å². The molecule has 7 heteroatoms. The van der Waals surface area contributed by atoms with Gasteiger partial charge in [-0.25, -0.2) is 13.2 Å². The standard InChI is InChI=1S/C14H7ClF3NO2/c15-13(20)9-6-8(2-4-10(9)16)19-14(21)7-1-3-11(17)12(18)5-7/h1-6H,(H,19,21). The van der Waals surface area contributed by atoms with Crippen LogP contribution < -0.4 is 5.32 Å². The molecule has 1 amide bonds. The van der Waals surface area contributed by atoms with Crippen molar-refractivity contribution in [2.45, 2.75) is 0 Å². The lowest BCUT2D eigenvalue weighted by atomic mass is 10.1. The van der Waals surface area contributed by atoms with Crippen LogP contribution in [0.25, 0.3) is 0 Å². The summed E-state index contributed by atoms with van der Waals surface area (Å²) < 4.78 is 39.1. The van der Waals surface area contributed by atoms with Crippen molar-refractivity contribution in [1.82, 2.24) is 0 Å². The smallest absolute Gasteiger partial charge is 0.255 e. The highest BCUT2D eigenvalue weighted by atomic mass is 35.5. The number of hydrogen-bond acceptors (Lipinski definition) is 2. The molecule has 0 radical (unpaired) electrons. The molecule has 108 valence electrons. The van der Waals surface area contributed by atoms with Gasteiger partial charge in [0.05, 0.1) is 5.56 Å². The van der Waals surface area contributed by atoms with Crippen LogP contribution in [0.15, 0.2) is 36.4 Å². The molecule has 2 aromatic rings. The second kappa shape index (κ2) is 5.97. The molecule has 0 aliphatic carbocycles. The Balaban J connectivity index is 2.25. The fraction of sp³-hybridized carbons (Fsp3) is 0. The normalized spacial score (nSPS) is 10.3. The van der Waals surface area contributed by atoms with Crippen LogP contribution in [0.2, 0.25) is 0 Å². The van der Waals surface area contributed by atoms with Crippen LogP contribution in [-0.2, 0) is 0 Å². The van der Waals surface area contributed by atoms with Crippen molar-refractivity contribution in [3.8, 4) is 0 Å². The van der Waals surface area contributed by atoms with Gasteiger partial charge in [0.1, 0.15) is 5.82 Å². The highest BCUT2D eigenvalue weighted by Gasteiger charge is 2.13. The van der Waals surface area contributed by atoms with E-state index >= 15 is 0 Å². The Kier molecular flexibility index (Phi) is 4.28. The summed E-state index contributed by atoms with van der Waals surface area (Å²) in [4.78, 5) is 22.8. The number of halogens is 4. The van der Waals surface area contributed by atoms with Crippen molar-refractivity contribution in [2.75, 3.05) is 5.32 Å². The van der Waals surface area contributed by atoms with Crippen LogP contribution in [0, 0.1) is 17.5 Å². The molecule has 0 bridgehead atoms. The van der Waals surface area contributed by atoms with Crippen LogP contribution in [0.5, 0.6) is 0 Å². The zero-order valence-corrected chi connectivity index (χ0v) is 11.0. The third-order valence-corrected chi connectivity index (χ3v) is 2.82. The van der Waals surface area contributed by atoms with E-state index in [9.17, 15) is 22.8 Å². The zero-order chi connectivity index (χ0) is 15.6. The number of amides is 1. The predicted molar refractivity (Wildman–Crippen MR) is 70.9 cm³/mol. The minimum absolute atomic E-state index is 0.0927. The summed E-state index contributed by atoms with van der Waals surface area (Å²) in [5.74, 6) is -3.82. The van der Waals surface area contributed by atoms with E-state index in [2.05, 4.69) is 5.32 Å². The Morgan fingerprint density at radius 3 is 2.19 bits per heavy atom. The van der Waals surface area contributed by atoms with Gasteiger partial charge in [0.15, 0.2) is 11.6 Å². The molecular formula is C14H7ClF3NO2. The fourth-order valence-corrected chi connectivity index (χ4v) is 1.74. The first kappa shape index (κ1) is 15.1. The van der Waals surface area contributed by atoms with E-state index in [0.29, 0.717) is 0 Å². The molecule has 2 rings (SSSR count). The van der Waals surface area contributed by atoms with Gasteiger partial charge >= 0.3 is 0 Å². The SMILES string of the molecule is O=C(Nc1ccc(F)c(C(=O)Cl)c1)c1ccc(F)c(F)c1. The maximum absolute atomic E-state index is 13.3. The summed E-state index contributed by atoms with van der Waals surface area (Å²) in [6.45, 7) is 0. The Morgan fingerprint density at radius 1 is 0.905 bits per heavy atom. The molecule has 21 heavy (non-hydrogen) atoms. The van der Waals surface area contributed by atoms with E-state index in [1.165, 1.54) is 6.07 Å². The second-order valence-electron chi connectivity index (χ2n) is 4.05. The van der Waals surface area contributed by atoms with Gasteiger partial charge in [0, 0.05) is 11.3 Å². The Labute approximate surface area is 122 Å². The molecule has 0 fully saturated rings. The Bertz CT molecular complexity index is 734. The summed E-state index contributed by atoms with van der Waals surface area (Å²) in [5, 5.41) is 1.30. The van der Waals surface area contributed by atoms with Gasteiger partial charge in [0.2, 0.25) is 0 Å². The Hall–Kier alpha value is -2.34. The number of hydrogen-bond donors (Lipinski definition) is 1. The van der Waals surface area contributed by atoms with Gasteiger partial charge in [-0.1, -0.05) is 0 Å². The molecule has 0 saturated carbocycles. The maximum atomic E-state index is 13.3. The average molecular weight is 314 g/mol. The molecule has 2 aromatic carbocycles. The molecule has 0 atom stereocenters. The molecule has 0 heterocycles. The molecule has 0 aromatic heterocycles. The molecular weight excluding hydrogens is 307 g/mol. The molecule has 0 aliphatic heterocycles. The number of nitrogens with one attached hydrogen (secondary N) is 1. The monoisotopic (exact) mass is 313 g/mol. The van der Waals surface area contributed by atoms with Gasteiger partial charge < -0.3 is 5.32 Å². The molecule has 0 spiro atoms. The average Bonchev–Trinajstić information content (AvgIpc) is 2.43. The Morgan fingerprint density at radius 2 is 1.57 bits per heavy atom. The topological polar surface area (TPSA) is 46.2 Å². The summed E-state index contributed by atoms with van der Waals surface area (Å²) >= 11 is 5.19. The predicted octanol–water partition coefficient (Wildman–Crippen LogP) is 3.74. The second-order valence-corrected chi connectivity index (χ2v) is 4.39. The van der Waals surface area contributed by atoms with Crippen LogP contribution in [0.3, 0.4) is 0 Å². The quantitative estimate of drug-likeness (QED) is 0.878. The zero-order valence-electron chi connectivity index (χ0n) is 10.3. The van der Waals surface area contributed by atoms with E-state index < -0.39 is 34.2 Å². The lowest BCUT2D eigenvalue weighted by Crippen LogP contribution is -2.13. The number of benzene rings is 2. The van der Waals surface area contributed by atoms with Gasteiger partial charge in [-0.05, 0) is 48.0 Å². The van der Waals surface area contributed by atoms with E-state index in [0.717, 1.165) is 30.3 Å².